The summed E-state index contributed by atoms with van der Waals surface area (Å²) in [5.41, 5.74) is 0.946. The van der Waals surface area contributed by atoms with Crippen LogP contribution in [0, 0.1) is 0 Å². The Hall–Kier alpha value is -1.26. The molecule has 1 N–H and O–H groups in total. The molecule has 0 bridgehead atoms. The summed E-state index contributed by atoms with van der Waals surface area (Å²) >= 11 is 9.55. The lowest BCUT2D eigenvalue weighted by atomic mass is 10.3. The van der Waals surface area contributed by atoms with E-state index in [-0.39, 0.29) is 0 Å². The number of hydrogen-bond acceptors (Lipinski definition) is 2. The molecule has 0 saturated heterocycles. The molecule has 0 radical (unpaired) electrons. The largest absolute Gasteiger partial charge is 0.352 e. The van der Waals surface area contributed by atoms with Crippen molar-refractivity contribution in [3.8, 4) is 5.69 Å². The molecule has 0 atom stereocenters. The Morgan fingerprint density at radius 2 is 2.35 bits per heavy atom. The summed E-state index contributed by atoms with van der Waals surface area (Å²) in [6.45, 7) is 4.33. The number of nitrogens with one attached hydrogen (secondary N) is 1. The van der Waals surface area contributed by atoms with E-state index in [2.05, 4.69) is 32.8 Å². The van der Waals surface area contributed by atoms with Crippen molar-refractivity contribution in [2.24, 2.45) is 0 Å². The molecule has 2 rings (SSSR count). The number of anilines is 1. The minimum atomic E-state index is 0.662. The number of rotatable bonds is 4. The zero-order valence-electron chi connectivity index (χ0n) is 9.03. The van der Waals surface area contributed by atoms with Crippen LogP contribution in [0.15, 0.2) is 47.7 Å². The first-order valence-electron chi connectivity index (χ1n) is 5.06. The van der Waals surface area contributed by atoms with Gasteiger partial charge in [0.2, 0.25) is 5.95 Å². The summed E-state index contributed by atoms with van der Waals surface area (Å²) < 4.78 is 2.78. The standard InChI is InChI=1S/C12H11BrClN3/c1-2-6-15-12-16-7-8-17(12)10-5-3-4-9(14)11(10)13/h2-5,7-8H,1,6H2,(H,15,16). The first-order chi connectivity index (χ1) is 8.24. The third kappa shape index (κ3) is 2.53. The molecule has 0 spiro atoms. The molecule has 0 fully saturated rings. The lowest BCUT2D eigenvalue weighted by Gasteiger charge is -2.11. The van der Waals surface area contributed by atoms with Crippen LogP contribution in [0.5, 0.6) is 0 Å². The van der Waals surface area contributed by atoms with Gasteiger partial charge in [0.1, 0.15) is 0 Å². The number of imidazole rings is 1. The van der Waals surface area contributed by atoms with Gasteiger partial charge in [-0.05, 0) is 28.1 Å². The SMILES string of the molecule is C=CCNc1nccn1-c1cccc(Cl)c1Br. The van der Waals surface area contributed by atoms with Crippen LogP contribution in [0.1, 0.15) is 0 Å². The van der Waals surface area contributed by atoms with Crippen molar-refractivity contribution in [2.45, 2.75) is 0 Å². The summed E-state index contributed by atoms with van der Waals surface area (Å²) in [6.07, 6.45) is 5.40. The van der Waals surface area contributed by atoms with Crippen LogP contribution in [0.25, 0.3) is 5.69 Å². The van der Waals surface area contributed by atoms with Crippen LogP contribution in [0.3, 0.4) is 0 Å². The molecular formula is C12H11BrClN3. The van der Waals surface area contributed by atoms with Gasteiger partial charge >= 0.3 is 0 Å². The molecule has 88 valence electrons. The van der Waals surface area contributed by atoms with E-state index in [9.17, 15) is 0 Å². The molecule has 0 aliphatic carbocycles. The van der Waals surface area contributed by atoms with E-state index in [1.54, 1.807) is 12.3 Å². The van der Waals surface area contributed by atoms with Crippen molar-refractivity contribution in [2.75, 3.05) is 11.9 Å². The maximum absolute atomic E-state index is 6.07. The highest BCUT2D eigenvalue weighted by molar-refractivity contribution is 9.10. The van der Waals surface area contributed by atoms with Gasteiger partial charge in [-0.15, -0.1) is 6.58 Å². The van der Waals surface area contributed by atoms with Gasteiger partial charge in [0.25, 0.3) is 0 Å². The van der Waals surface area contributed by atoms with E-state index in [1.165, 1.54) is 0 Å². The maximum Gasteiger partial charge on any atom is 0.207 e. The van der Waals surface area contributed by atoms with E-state index in [0.717, 1.165) is 16.1 Å². The lowest BCUT2D eigenvalue weighted by Crippen LogP contribution is -2.06. The van der Waals surface area contributed by atoms with Crippen molar-refractivity contribution >= 4 is 33.5 Å². The van der Waals surface area contributed by atoms with Gasteiger partial charge in [0.15, 0.2) is 0 Å². The molecule has 0 unspecified atom stereocenters. The number of hydrogen-bond donors (Lipinski definition) is 1. The van der Waals surface area contributed by atoms with Gasteiger partial charge in [0.05, 0.1) is 15.2 Å². The van der Waals surface area contributed by atoms with Gasteiger partial charge in [-0.3, -0.25) is 4.57 Å². The predicted molar refractivity (Wildman–Crippen MR) is 75.0 cm³/mol. The molecule has 0 saturated carbocycles. The summed E-state index contributed by atoms with van der Waals surface area (Å²) in [6, 6.07) is 5.71. The summed E-state index contributed by atoms with van der Waals surface area (Å²) in [5.74, 6) is 0.757. The molecular weight excluding hydrogens is 302 g/mol. The average Bonchev–Trinajstić information content (AvgIpc) is 2.78. The molecule has 0 amide bonds. The number of halogens is 2. The highest BCUT2D eigenvalue weighted by Crippen LogP contribution is 2.30. The Bertz CT molecular complexity index is 536. The fourth-order valence-electron chi connectivity index (χ4n) is 1.47. The molecule has 5 heteroatoms. The van der Waals surface area contributed by atoms with Crippen molar-refractivity contribution in [3.63, 3.8) is 0 Å². The molecule has 2 aromatic rings. The normalized spacial score (nSPS) is 10.2. The minimum absolute atomic E-state index is 0.662. The van der Waals surface area contributed by atoms with Crippen LogP contribution in [0.2, 0.25) is 5.02 Å². The Labute approximate surface area is 113 Å². The molecule has 0 aliphatic rings. The van der Waals surface area contributed by atoms with Gasteiger partial charge in [-0.2, -0.15) is 0 Å². The fraction of sp³-hybridized carbons (Fsp3) is 0.0833. The van der Waals surface area contributed by atoms with E-state index in [4.69, 9.17) is 11.6 Å². The third-order valence-electron chi connectivity index (χ3n) is 2.24. The zero-order chi connectivity index (χ0) is 12.3. The van der Waals surface area contributed by atoms with E-state index >= 15 is 0 Å². The van der Waals surface area contributed by atoms with Gasteiger partial charge in [-0.25, -0.2) is 4.98 Å². The quantitative estimate of drug-likeness (QED) is 0.868. The van der Waals surface area contributed by atoms with Crippen molar-refractivity contribution in [1.29, 1.82) is 0 Å². The highest BCUT2D eigenvalue weighted by Gasteiger charge is 2.09. The Morgan fingerprint density at radius 1 is 1.53 bits per heavy atom. The fourth-order valence-corrected chi connectivity index (χ4v) is 2.10. The molecule has 17 heavy (non-hydrogen) atoms. The number of benzene rings is 1. The first-order valence-corrected chi connectivity index (χ1v) is 6.23. The molecule has 1 heterocycles. The predicted octanol–water partition coefficient (Wildman–Crippen LogP) is 3.89. The third-order valence-corrected chi connectivity index (χ3v) is 3.61. The summed E-state index contributed by atoms with van der Waals surface area (Å²) in [7, 11) is 0. The first kappa shape index (κ1) is 12.2. The molecule has 3 nitrogen and oxygen atoms in total. The van der Waals surface area contributed by atoms with Crippen molar-refractivity contribution in [1.82, 2.24) is 9.55 Å². The Morgan fingerprint density at radius 3 is 3.12 bits per heavy atom. The van der Waals surface area contributed by atoms with Crippen LogP contribution >= 0.6 is 27.5 Å². The molecule has 1 aromatic heterocycles. The van der Waals surface area contributed by atoms with Crippen molar-refractivity contribution in [3.05, 3.63) is 52.7 Å². The molecule has 1 aromatic carbocycles. The van der Waals surface area contributed by atoms with E-state index in [0.29, 0.717) is 11.6 Å². The van der Waals surface area contributed by atoms with Gasteiger partial charge in [0, 0.05) is 18.9 Å². The molecule has 0 aliphatic heterocycles. The Balaban J connectivity index is 2.42. The van der Waals surface area contributed by atoms with Crippen LogP contribution in [-0.4, -0.2) is 16.1 Å². The van der Waals surface area contributed by atoms with Crippen LogP contribution in [-0.2, 0) is 0 Å². The van der Waals surface area contributed by atoms with Crippen LogP contribution < -0.4 is 5.32 Å². The minimum Gasteiger partial charge on any atom is -0.352 e. The number of aromatic nitrogens is 2. The summed E-state index contributed by atoms with van der Waals surface area (Å²) in [4.78, 5) is 4.24. The second kappa shape index (κ2) is 5.38. The second-order valence-electron chi connectivity index (χ2n) is 3.36. The van der Waals surface area contributed by atoms with E-state index in [1.807, 2.05) is 29.0 Å². The van der Waals surface area contributed by atoms with E-state index < -0.39 is 0 Å². The highest BCUT2D eigenvalue weighted by atomic mass is 79.9. The average molecular weight is 313 g/mol. The van der Waals surface area contributed by atoms with Crippen LogP contribution in [0.4, 0.5) is 5.95 Å². The second-order valence-corrected chi connectivity index (χ2v) is 4.56. The summed E-state index contributed by atoms with van der Waals surface area (Å²) in [5, 5.41) is 3.83. The zero-order valence-corrected chi connectivity index (χ0v) is 11.4. The Kier molecular flexibility index (Phi) is 3.86. The van der Waals surface area contributed by atoms with Gasteiger partial charge in [-0.1, -0.05) is 23.7 Å². The smallest absolute Gasteiger partial charge is 0.207 e. The van der Waals surface area contributed by atoms with Gasteiger partial charge < -0.3 is 5.32 Å². The monoisotopic (exact) mass is 311 g/mol. The lowest BCUT2D eigenvalue weighted by molar-refractivity contribution is 1.03. The number of nitrogens with zero attached hydrogens (tertiary/aromatic N) is 2. The van der Waals surface area contributed by atoms with Crippen molar-refractivity contribution < 1.29 is 0 Å². The topological polar surface area (TPSA) is 29.9 Å². The maximum atomic E-state index is 6.07.